The van der Waals surface area contributed by atoms with Gasteiger partial charge in [0.2, 0.25) is 5.95 Å². The molecule has 0 fully saturated rings. The van der Waals surface area contributed by atoms with Crippen molar-refractivity contribution in [1.29, 1.82) is 0 Å². The molecular formula is C20H21ClN4. The predicted molar refractivity (Wildman–Crippen MR) is 106 cm³/mol. The van der Waals surface area contributed by atoms with E-state index in [9.17, 15) is 0 Å². The summed E-state index contributed by atoms with van der Waals surface area (Å²) in [7, 11) is 0. The van der Waals surface area contributed by atoms with E-state index < -0.39 is 0 Å². The quantitative estimate of drug-likeness (QED) is 0.646. The van der Waals surface area contributed by atoms with Crippen molar-refractivity contribution in [3.05, 3.63) is 65.7 Å². The van der Waals surface area contributed by atoms with Gasteiger partial charge in [-0.05, 0) is 38.1 Å². The van der Waals surface area contributed by atoms with E-state index in [2.05, 4.69) is 41.2 Å². The third-order valence-corrected chi connectivity index (χ3v) is 4.20. The highest BCUT2D eigenvalue weighted by Crippen LogP contribution is 2.25. The van der Waals surface area contributed by atoms with Crippen molar-refractivity contribution in [3.63, 3.8) is 0 Å². The molecule has 0 atom stereocenters. The molecule has 3 rings (SSSR count). The summed E-state index contributed by atoms with van der Waals surface area (Å²) in [6.07, 6.45) is 0. The molecule has 25 heavy (non-hydrogen) atoms. The second kappa shape index (κ2) is 7.99. The number of hydrogen-bond acceptors (Lipinski definition) is 4. The zero-order valence-electron chi connectivity index (χ0n) is 14.4. The number of rotatable bonds is 6. The molecule has 0 aliphatic heterocycles. The molecule has 0 aliphatic rings. The van der Waals surface area contributed by atoms with Crippen molar-refractivity contribution in [3.8, 4) is 11.3 Å². The van der Waals surface area contributed by atoms with Gasteiger partial charge in [0.1, 0.15) is 5.82 Å². The van der Waals surface area contributed by atoms with Crippen LogP contribution in [0.25, 0.3) is 11.3 Å². The van der Waals surface area contributed by atoms with Gasteiger partial charge >= 0.3 is 0 Å². The van der Waals surface area contributed by atoms with Crippen molar-refractivity contribution < 1.29 is 0 Å². The molecule has 0 unspecified atom stereocenters. The van der Waals surface area contributed by atoms with E-state index in [0.717, 1.165) is 41.8 Å². The third kappa shape index (κ3) is 4.28. The lowest BCUT2D eigenvalue weighted by Gasteiger charge is -2.20. The molecule has 0 bridgehead atoms. The maximum Gasteiger partial charge on any atom is 0.227 e. The van der Waals surface area contributed by atoms with Crippen LogP contribution in [0, 0.1) is 0 Å². The number of nitrogens with zero attached hydrogens (tertiary/aromatic N) is 3. The highest BCUT2D eigenvalue weighted by atomic mass is 35.5. The number of anilines is 3. The predicted octanol–water partition coefficient (Wildman–Crippen LogP) is 5.39. The second-order valence-electron chi connectivity index (χ2n) is 5.61. The van der Waals surface area contributed by atoms with Gasteiger partial charge < -0.3 is 10.2 Å². The topological polar surface area (TPSA) is 41.1 Å². The van der Waals surface area contributed by atoms with Gasteiger partial charge in [-0.1, -0.05) is 41.9 Å². The molecule has 2 aromatic carbocycles. The molecule has 0 radical (unpaired) electrons. The van der Waals surface area contributed by atoms with Crippen molar-refractivity contribution in [1.82, 2.24) is 9.97 Å². The van der Waals surface area contributed by atoms with E-state index in [1.165, 1.54) is 0 Å². The minimum Gasteiger partial charge on any atom is -0.341 e. The Bertz CT molecular complexity index is 815. The van der Waals surface area contributed by atoms with Crippen LogP contribution in [-0.2, 0) is 0 Å². The van der Waals surface area contributed by atoms with Crippen LogP contribution in [0.4, 0.5) is 17.5 Å². The molecule has 0 aliphatic carbocycles. The fraction of sp³-hybridized carbons (Fsp3) is 0.200. The summed E-state index contributed by atoms with van der Waals surface area (Å²) in [5.74, 6) is 1.49. The summed E-state index contributed by atoms with van der Waals surface area (Å²) in [5.41, 5.74) is 2.90. The first-order chi connectivity index (χ1) is 12.2. The summed E-state index contributed by atoms with van der Waals surface area (Å²) in [6, 6.07) is 19.7. The lowest BCUT2D eigenvalue weighted by atomic mass is 10.1. The number of halogens is 1. The first kappa shape index (κ1) is 17.2. The first-order valence-electron chi connectivity index (χ1n) is 8.41. The van der Waals surface area contributed by atoms with E-state index in [1.807, 2.05) is 48.5 Å². The van der Waals surface area contributed by atoms with Crippen molar-refractivity contribution in [2.45, 2.75) is 13.8 Å². The zero-order chi connectivity index (χ0) is 17.6. The smallest absolute Gasteiger partial charge is 0.227 e. The fourth-order valence-corrected chi connectivity index (χ4v) is 2.71. The molecule has 4 nitrogen and oxygen atoms in total. The largest absolute Gasteiger partial charge is 0.341 e. The van der Waals surface area contributed by atoms with Gasteiger partial charge in [0.25, 0.3) is 0 Å². The molecule has 3 aromatic rings. The normalized spacial score (nSPS) is 10.5. The average Bonchev–Trinajstić information content (AvgIpc) is 2.65. The van der Waals surface area contributed by atoms with E-state index in [1.54, 1.807) is 0 Å². The highest BCUT2D eigenvalue weighted by Gasteiger charge is 2.11. The van der Waals surface area contributed by atoms with E-state index in [-0.39, 0.29) is 0 Å². The molecule has 0 amide bonds. The lowest BCUT2D eigenvalue weighted by Crippen LogP contribution is -2.24. The van der Waals surface area contributed by atoms with Crippen LogP contribution < -0.4 is 10.2 Å². The van der Waals surface area contributed by atoms with Crippen LogP contribution in [-0.4, -0.2) is 23.1 Å². The Morgan fingerprint density at radius 2 is 1.60 bits per heavy atom. The van der Waals surface area contributed by atoms with E-state index >= 15 is 0 Å². The zero-order valence-corrected chi connectivity index (χ0v) is 15.2. The lowest BCUT2D eigenvalue weighted by molar-refractivity contribution is 0.823. The number of hydrogen-bond donors (Lipinski definition) is 1. The van der Waals surface area contributed by atoms with Gasteiger partial charge in [0.15, 0.2) is 0 Å². The Kier molecular flexibility index (Phi) is 5.51. The van der Waals surface area contributed by atoms with Crippen molar-refractivity contribution in [2.24, 2.45) is 0 Å². The SMILES string of the molecule is CCN(CC)c1nc(Nc2ccc(Cl)cc2)cc(-c2ccccc2)n1. The van der Waals surface area contributed by atoms with Crippen LogP contribution in [0.2, 0.25) is 5.02 Å². The maximum absolute atomic E-state index is 5.96. The van der Waals surface area contributed by atoms with Crippen LogP contribution in [0.5, 0.6) is 0 Å². The van der Waals surface area contributed by atoms with E-state index in [4.69, 9.17) is 16.6 Å². The van der Waals surface area contributed by atoms with E-state index in [0.29, 0.717) is 5.02 Å². The average molecular weight is 353 g/mol. The van der Waals surface area contributed by atoms with Crippen molar-refractivity contribution in [2.75, 3.05) is 23.3 Å². The van der Waals surface area contributed by atoms with Gasteiger partial charge in [-0.3, -0.25) is 0 Å². The molecule has 5 heteroatoms. The molecule has 1 aromatic heterocycles. The minimum atomic E-state index is 0.710. The molecule has 0 saturated carbocycles. The number of aromatic nitrogens is 2. The molecule has 1 N–H and O–H groups in total. The Morgan fingerprint density at radius 3 is 2.24 bits per heavy atom. The highest BCUT2D eigenvalue weighted by molar-refractivity contribution is 6.30. The molecule has 0 spiro atoms. The summed E-state index contributed by atoms with van der Waals surface area (Å²) in [6.45, 7) is 5.92. The summed E-state index contributed by atoms with van der Waals surface area (Å²) < 4.78 is 0. The van der Waals surface area contributed by atoms with Gasteiger partial charge in [-0.15, -0.1) is 0 Å². The first-order valence-corrected chi connectivity index (χ1v) is 8.79. The Morgan fingerprint density at radius 1 is 0.920 bits per heavy atom. The van der Waals surface area contributed by atoms with Crippen LogP contribution in [0.1, 0.15) is 13.8 Å². The summed E-state index contributed by atoms with van der Waals surface area (Å²) in [5, 5.41) is 4.06. The van der Waals surface area contributed by atoms with Gasteiger partial charge in [-0.25, -0.2) is 4.98 Å². The summed E-state index contributed by atoms with van der Waals surface area (Å²) in [4.78, 5) is 11.6. The number of benzene rings is 2. The van der Waals surface area contributed by atoms with Gasteiger partial charge in [0, 0.05) is 35.4 Å². The maximum atomic E-state index is 5.96. The Labute approximate surface area is 153 Å². The Hall–Kier alpha value is -2.59. The molecule has 0 saturated heterocycles. The third-order valence-electron chi connectivity index (χ3n) is 3.95. The van der Waals surface area contributed by atoms with Gasteiger partial charge in [0.05, 0.1) is 5.69 Å². The Balaban J connectivity index is 2.01. The fourth-order valence-electron chi connectivity index (χ4n) is 2.58. The molecule has 1 heterocycles. The second-order valence-corrected chi connectivity index (χ2v) is 6.05. The molecular weight excluding hydrogens is 332 g/mol. The number of nitrogens with one attached hydrogen (secondary N) is 1. The van der Waals surface area contributed by atoms with Gasteiger partial charge in [-0.2, -0.15) is 4.98 Å². The monoisotopic (exact) mass is 352 g/mol. The van der Waals surface area contributed by atoms with Crippen LogP contribution in [0.3, 0.4) is 0 Å². The summed E-state index contributed by atoms with van der Waals surface area (Å²) >= 11 is 5.96. The molecule has 128 valence electrons. The standard InChI is InChI=1S/C20H21ClN4/c1-3-25(4-2)20-23-18(15-8-6-5-7-9-15)14-19(24-20)22-17-12-10-16(21)11-13-17/h5-14H,3-4H2,1-2H3,(H,22,23,24). The van der Waals surface area contributed by atoms with Crippen molar-refractivity contribution >= 4 is 29.1 Å². The van der Waals surface area contributed by atoms with Crippen LogP contribution >= 0.6 is 11.6 Å². The van der Waals surface area contributed by atoms with Crippen LogP contribution in [0.15, 0.2) is 60.7 Å². The minimum absolute atomic E-state index is 0.710.